The lowest BCUT2D eigenvalue weighted by Gasteiger charge is -2.31. The lowest BCUT2D eigenvalue weighted by molar-refractivity contribution is -0.172. The van der Waals surface area contributed by atoms with Crippen LogP contribution in [0, 0.1) is 0 Å². The molecule has 1 aromatic carbocycles. The van der Waals surface area contributed by atoms with Crippen LogP contribution in [0.4, 0.5) is 0 Å². The number of aromatic nitrogens is 2. The van der Waals surface area contributed by atoms with Crippen LogP contribution in [0.1, 0.15) is 35.6 Å². The number of phenolic OH excluding ortho intramolecular Hbond substituents is 1. The molecule has 3 aliphatic heterocycles. The Morgan fingerprint density at radius 1 is 1.18 bits per heavy atom. The van der Waals surface area contributed by atoms with Crippen LogP contribution in [0.25, 0.3) is 22.3 Å². The maximum absolute atomic E-state index is 13.3. The number of pyridine rings is 2. The summed E-state index contributed by atoms with van der Waals surface area (Å²) >= 11 is 0. The number of fused-ring (bicyclic) bond motifs is 5. The molecule has 2 aromatic heterocycles. The maximum Gasteiger partial charge on any atom is 0.343 e. The third kappa shape index (κ3) is 3.01. The maximum atomic E-state index is 13.3. The minimum Gasteiger partial charge on any atom is -0.507 e. The largest absolute Gasteiger partial charge is 0.507 e. The van der Waals surface area contributed by atoms with Gasteiger partial charge in [0.05, 0.1) is 42.2 Å². The van der Waals surface area contributed by atoms with Gasteiger partial charge >= 0.3 is 5.97 Å². The molecule has 176 valence electrons. The van der Waals surface area contributed by atoms with E-state index in [-0.39, 0.29) is 24.3 Å². The first-order valence-electron chi connectivity index (χ1n) is 11.5. The highest BCUT2D eigenvalue weighted by atomic mass is 16.6. The third-order valence-corrected chi connectivity index (χ3v) is 7.24. The van der Waals surface area contributed by atoms with Gasteiger partial charge in [0.1, 0.15) is 12.4 Å². The van der Waals surface area contributed by atoms with Crippen LogP contribution in [-0.4, -0.2) is 56.9 Å². The van der Waals surface area contributed by atoms with E-state index in [1.54, 1.807) is 17.6 Å². The fourth-order valence-electron chi connectivity index (χ4n) is 5.21. The highest BCUT2D eigenvalue weighted by molar-refractivity contribution is 5.90. The number of carbonyl (C=O) groups excluding carboxylic acids is 1. The van der Waals surface area contributed by atoms with Gasteiger partial charge in [-0.05, 0) is 24.6 Å². The van der Waals surface area contributed by atoms with Crippen molar-refractivity contribution in [1.29, 1.82) is 0 Å². The van der Waals surface area contributed by atoms with E-state index < -0.39 is 11.6 Å². The van der Waals surface area contributed by atoms with Gasteiger partial charge in [-0.3, -0.25) is 9.69 Å². The second-order valence-corrected chi connectivity index (χ2v) is 9.13. The van der Waals surface area contributed by atoms with Crippen molar-refractivity contribution >= 4 is 16.9 Å². The zero-order chi connectivity index (χ0) is 23.6. The van der Waals surface area contributed by atoms with E-state index in [0.29, 0.717) is 59.7 Å². The van der Waals surface area contributed by atoms with Crippen molar-refractivity contribution in [1.82, 2.24) is 14.5 Å². The highest BCUT2D eigenvalue weighted by Crippen LogP contribution is 2.40. The zero-order valence-corrected chi connectivity index (χ0v) is 18.8. The zero-order valence-electron chi connectivity index (χ0n) is 18.8. The number of nitrogens with zero attached hydrogens (tertiary/aromatic N) is 3. The molecule has 6 rings (SSSR count). The summed E-state index contributed by atoms with van der Waals surface area (Å²) in [7, 11) is 0. The predicted molar refractivity (Wildman–Crippen MR) is 122 cm³/mol. The number of rotatable bonds is 3. The Kier molecular flexibility index (Phi) is 4.77. The van der Waals surface area contributed by atoms with Crippen molar-refractivity contribution in [2.75, 3.05) is 26.3 Å². The van der Waals surface area contributed by atoms with Gasteiger partial charge in [-0.15, -0.1) is 0 Å². The number of cyclic esters (lactones) is 1. The molecular weight excluding hydrogens is 438 g/mol. The number of ether oxygens (including phenoxy) is 2. The topological polar surface area (TPSA) is 114 Å². The molecule has 1 atom stereocenters. The first kappa shape index (κ1) is 21.3. The van der Waals surface area contributed by atoms with Gasteiger partial charge in [-0.1, -0.05) is 13.0 Å². The van der Waals surface area contributed by atoms with Gasteiger partial charge in [-0.2, -0.15) is 0 Å². The van der Waals surface area contributed by atoms with E-state index in [1.807, 2.05) is 18.2 Å². The quantitative estimate of drug-likeness (QED) is 0.441. The smallest absolute Gasteiger partial charge is 0.343 e. The molecule has 3 aliphatic rings. The fraction of sp³-hybridized carbons (Fsp3) is 0.400. The lowest BCUT2D eigenvalue weighted by Crippen LogP contribution is -2.44. The summed E-state index contributed by atoms with van der Waals surface area (Å²) in [5.74, 6) is -0.546. The van der Waals surface area contributed by atoms with Crippen LogP contribution < -0.4 is 5.56 Å². The van der Waals surface area contributed by atoms with E-state index in [4.69, 9.17) is 14.5 Å². The van der Waals surface area contributed by atoms with Crippen LogP contribution in [0.5, 0.6) is 5.75 Å². The predicted octanol–water partition coefficient (Wildman–Crippen LogP) is 1.62. The second kappa shape index (κ2) is 7.63. The lowest BCUT2D eigenvalue weighted by atomic mass is 9.86. The molecule has 0 spiro atoms. The molecule has 0 saturated carbocycles. The van der Waals surface area contributed by atoms with E-state index >= 15 is 0 Å². The normalized spacial score (nSPS) is 21.8. The van der Waals surface area contributed by atoms with Crippen molar-refractivity contribution in [2.45, 2.75) is 38.6 Å². The first-order valence-corrected chi connectivity index (χ1v) is 11.5. The summed E-state index contributed by atoms with van der Waals surface area (Å²) in [4.78, 5) is 32.6. The van der Waals surface area contributed by atoms with Crippen LogP contribution in [0.15, 0.2) is 29.1 Å². The average molecular weight is 463 g/mol. The summed E-state index contributed by atoms with van der Waals surface area (Å²) in [6.45, 7) is 5.45. The number of carbonyl (C=O) groups is 1. The van der Waals surface area contributed by atoms with Gasteiger partial charge in [0.2, 0.25) is 0 Å². The molecule has 0 radical (unpaired) electrons. The molecule has 0 aliphatic carbocycles. The number of hydrogen-bond acceptors (Lipinski definition) is 8. The Morgan fingerprint density at radius 3 is 2.74 bits per heavy atom. The van der Waals surface area contributed by atoms with Crippen molar-refractivity contribution in [2.24, 2.45) is 0 Å². The number of phenols is 1. The molecule has 0 unspecified atom stereocenters. The second-order valence-electron chi connectivity index (χ2n) is 9.13. The Morgan fingerprint density at radius 2 is 1.97 bits per heavy atom. The van der Waals surface area contributed by atoms with E-state index in [2.05, 4.69) is 4.90 Å². The molecule has 2 N–H and O–H groups in total. The molecule has 0 bridgehead atoms. The third-order valence-electron chi connectivity index (χ3n) is 7.24. The Labute approximate surface area is 195 Å². The van der Waals surface area contributed by atoms with Gasteiger partial charge in [0.15, 0.2) is 5.60 Å². The summed E-state index contributed by atoms with van der Waals surface area (Å²) in [6, 6.07) is 7.34. The monoisotopic (exact) mass is 463 g/mol. The SMILES string of the molecule is CC[C@@]1(O)C(=O)OCc2c1cc1n(c2=O)Cc2cc3c(O)c(CN4CCOCC4)ccc3nc2-1. The summed E-state index contributed by atoms with van der Waals surface area (Å²) in [6.07, 6.45) is 0.0968. The van der Waals surface area contributed by atoms with Crippen LogP contribution in [-0.2, 0) is 39.6 Å². The summed E-state index contributed by atoms with van der Waals surface area (Å²) < 4.78 is 12.1. The minimum absolute atomic E-state index is 0.0968. The molecule has 1 fully saturated rings. The van der Waals surface area contributed by atoms with E-state index in [0.717, 1.165) is 24.2 Å². The van der Waals surface area contributed by atoms with Gasteiger partial charge < -0.3 is 24.3 Å². The fourth-order valence-corrected chi connectivity index (χ4v) is 5.21. The van der Waals surface area contributed by atoms with E-state index in [9.17, 15) is 19.8 Å². The van der Waals surface area contributed by atoms with Crippen molar-refractivity contribution in [3.05, 3.63) is 56.9 Å². The Balaban J connectivity index is 1.45. The van der Waals surface area contributed by atoms with Gasteiger partial charge in [-0.25, -0.2) is 9.78 Å². The molecule has 3 aromatic rings. The first-order chi connectivity index (χ1) is 16.4. The summed E-state index contributed by atoms with van der Waals surface area (Å²) in [5, 5.41) is 22.7. The van der Waals surface area contributed by atoms with Crippen molar-refractivity contribution in [3.63, 3.8) is 0 Å². The molecule has 1 saturated heterocycles. The van der Waals surface area contributed by atoms with Crippen LogP contribution in [0.2, 0.25) is 0 Å². The Bertz CT molecular complexity index is 1410. The molecule has 0 amide bonds. The number of hydrogen-bond donors (Lipinski definition) is 2. The Hall–Kier alpha value is -3.27. The van der Waals surface area contributed by atoms with E-state index in [1.165, 1.54) is 0 Å². The number of morpholine rings is 1. The van der Waals surface area contributed by atoms with Gasteiger partial charge in [0.25, 0.3) is 5.56 Å². The van der Waals surface area contributed by atoms with Gasteiger partial charge in [0, 0.05) is 41.7 Å². The number of aromatic hydroxyl groups is 1. The molecule has 9 nitrogen and oxygen atoms in total. The van der Waals surface area contributed by atoms with Crippen molar-refractivity contribution < 1.29 is 24.5 Å². The number of benzene rings is 1. The standard InChI is InChI=1S/C25H25N3O6/c1-2-25(32)18-10-20-21-15(12-28(20)23(30)17(18)13-34-24(25)31)9-16-19(26-21)4-3-14(22(16)29)11-27-5-7-33-8-6-27/h3-4,9-10,29,32H,2,5-8,11-13H2,1H3/t25-/m0/s1. The molecular formula is C25H25N3O6. The van der Waals surface area contributed by atoms with Crippen LogP contribution >= 0.6 is 0 Å². The van der Waals surface area contributed by atoms with Crippen molar-refractivity contribution in [3.8, 4) is 17.1 Å². The number of aliphatic hydroxyl groups is 1. The summed E-state index contributed by atoms with van der Waals surface area (Å²) in [5.41, 5.74) is 1.85. The van der Waals surface area contributed by atoms with Crippen LogP contribution in [0.3, 0.4) is 0 Å². The minimum atomic E-state index is -1.85. The highest BCUT2D eigenvalue weighted by Gasteiger charge is 2.45. The number of esters is 1. The molecule has 5 heterocycles. The molecule has 34 heavy (non-hydrogen) atoms. The average Bonchev–Trinajstić information content (AvgIpc) is 3.21. The molecule has 9 heteroatoms.